The van der Waals surface area contributed by atoms with Crippen LogP contribution in [-0.4, -0.2) is 29.8 Å². The van der Waals surface area contributed by atoms with Gasteiger partial charge in [0.25, 0.3) is 0 Å². The van der Waals surface area contributed by atoms with Crippen LogP contribution in [0, 0.1) is 0 Å². The molecule has 0 saturated heterocycles. The van der Waals surface area contributed by atoms with Gasteiger partial charge in [0, 0.05) is 19.2 Å². The number of aliphatic hydroxyl groups excluding tert-OH is 1. The third-order valence-corrected chi connectivity index (χ3v) is 2.81. The predicted molar refractivity (Wildman–Crippen MR) is 75.4 cm³/mol. The molecule has 1 aromatic heterocycles. The molecule has 2 aromatic rings. The molecule has 0 radical (unpaired) electrons. The van der Waals surface area contributed by atoms with Crippen molar-refractivity contribution >= 4 is 5.82 Å². The van der Waals surface area contributed by atoms with Gasteiger partial charge in [0.2, 0.25) is 0 Å². The molecule has 0 aliphatic heterocycles. The fourth-order valence-electron chi connectivity index (χ4n) is 1.80. The van der Waals surface area contributed by atoms with E-state index in [0.29, 0.717) is 13.0 Å². The maximum Gasteiger partial charge on any atom is 0.125 e. The van der Waals surface area contributed by atoms with Gasteiger partial charge in [0.15, 0.2) is 0 Å². The molecule has 4 nitrogen and oxygen atoms in total. The lowest BCUT2D eigenvalue weighted by Gasteiger charge is -2.12. The molecule has 2 rings (SSSR count). The molecule has 100 valence electrons. The number of nitrogens with zero attached hydrogens (tertiary/aromatic N) is 1. The van der Waals surface area contributed by atoms with E-state index in [1.54, 1.807) is 13.3 Å². The Labute approximate surface area is 113 Å². The third-order valence-electron chi connectivity index (χ3n) is 2.81. The van der Waals surface area contributed by atoms with Crippen molar-refractivity contribution in [2.45, 2.75) is 12.5 Å². The minimum Gasteiger partial charge on any atom is -0.497 e. The number of pyridine rings is 1. The lowest BCUT2D eigenvalue weighted by molar-refractivity contribution is 0.188. The summed E-state index contributed by atoms with van der Waals surface area (Å²) in [6.07, 6.45) is 1.87. The van der Waals surface area contributed by atoms with Crippen LogP contribution >= 0.6 is 0 Å². The summed E-state index contributed by atoms with van der Waals surface area (Å²) in [4.78, 5) is 4.14. The van der Waals surface area contributed by atoms with Crippen LogP contribution in [0.3, 0.4) is 0 Å². The van der Waals surface area contributed by atoms with Crippen LogP contribution in [0.2, 0.25) is 0 Å². The lowest BCUT2D eigenvalue weighted by atomic mass is 10.1. The summed E-state index contributed by atoms with van der Waals surface area (Å²) in [6.45, 7) is 0.475. The van der Waals surface area contributed by atoms with E-state index in [1.165, 1.54) is 0 Å². The van der Waals surface area contributed by atoms with Crippen molar-refractivity contribution in [3.63, 3.8) is 0 Å². The van der Waals surface area contributed by atoms with Crippen molar-refractivity contribution in [3.8, 4) is 5.75 Å². The predicted octanol–water partition coefficient (Wildman–Crippen LogP) is 2.11. The van der Waals surface area contributed by atoms with Crippen molar-refractivity contribution in [2.24, 2.45) is 0 Å². The summed E-state index contributed by atoms with van der Waals surface area (Å²) < 4.78 is 5.10. The normalized spacial score (nSPS) is 11.9. The number of hydrogen-bond donors (Lipinski definition) is 2. The number of anilines is 1. The van der Waals surface area contributed by atoms with Crippen LogP contribution < -0.4 is 10.1 Å². The molecule has 1 atom stereocenters. The quantitative estimate of drug-likeness (QED) is 0.833. The van der Waals surface area contributed by atoms with Gasteiger partial charge in [-0.3, -0.25) is 0 Å². The van der Waals surface area contributed by atoms with Crippen molar-refractivity contribution in [1.82, 2.24) is 4.98 Å². The molecule has 0 saturated carbocycles. The van der Waals surface area contributed by atoms with Gasteiger partial charge in [-0.2, -0.15) is 0 Å². The molecule has 0 bridgehead atoms. The summed E-state index contributed by atoms with van der Waals surface area (Å²) in [5, 5.41) is 13.1. The Morgan fingerprint density at radius 1 is 1.21 bits per heavy atom. The molecule has 0 amide bonds. The Hall–Kier alpha value is -2.07. The second kappa shape index (κ2) is 6.75. The first-order chi connectivity index (χ1) is 9.28. The number of rotatable bonds is 6. The van der Waals surface area contributed by atoms with Gasteiger partial charge in [-0.05, 0) is 29.8 Å². The van der Waals surface area contributed by atoms with E-state index in [4.69, 9.17) is 4.74 Å². The fraction of sp³-hybridized carbons (Fsp3) is 0.267. The minimum atomic E-state index is -0.449. The van der Waals surface area contributed by atoms with E-state index in [9.17, 15) is 5.11 Å². The molecule has 0 fully saturated rings. The second-order valence-corrected chi connectivity index (χ2v) is 4.30. The highest BCUT2D eigenvalue weighted by Gasteiger charge is 2.06. The summed E-state index contributed by atoms with van der Waals surface area (Å²) in [5.74, 6) is 1.60. The smallest absolute Gasteiger partial charge is 0.125 e. The van der Waals surface area contributed by atoms with Crippen molar-refractivity contribution in [3.05, 3.63) is 54.2 Å². The van der Waals surface area contributed by atoms with Crippen LogP contribution in [-0.2, 0) is 6.42 Å². The van der Waals surface area contributed by atoms with Crippen molar-refractivity contribution in [2.75, 3.05) is 19.0 Å². The highest BCUT2D eigenvalue weighted by atomic mass is 16.5. The summed E-state index contributed by atoms with van der Waals surface area (Å²) in [6, 6.07) is 13.4. The SMILES string of the molecule is COc1ccc(C[C@@H](O)CNc2ccccn2)cc1. The number of benzene rings is 1. The maximum absolute atomic E-state index is 9.97. The minimum absolute atomic E-state index is 0.449. The highest BCUT2D eigenvalue weighted by molar-refractivity contribution is 5.33. The van der Waals surface area contributed by atoms with E-state index in [2.05, 4.69) is 10.3 Å². The number of methoxy groups -OCH3 is 1. The number of aromatic nitrogens is 1. The Kier molecular flexibility index (Phi) is 4.75. The zero-order valence-electron chi connectivity index (χ0n) is 10.9. The van der Waals surface area contributed by atoms with Gasteiger partial charge in [-0.25, -0.2) is 4.98 Å². The Balaban J connectivity index is 1.82. The topological polar surface area (TPSA) is 54.4 Å². The third kappa shape index (κ3) is 4.26. The van der Waals surface area contributed by atoms with Gasteiger partial charge in [0.05, 0.1) is 13.2 Å². The largest absolute Gasteiger partial charge is 0.497 e. The molecule has 1 aromatic carbocycles. The zero-order chi connectivity index (χ0) is 13.5. The van der Waals surface area contributed by atoms with Crippen molar-refractivity contribution in [1.29, 1.82) is 0 Å². The van der Waals surface area contributed by atoms with Gasteiger partial charge >= 0.3 is 0 Å². The average molecular weight is 258 g/mol. The first-order valence-corrected chi connectivity index (χ1v) is 6.24. The Bertz CT molecular complexity index is 485. The second-order valence-electron chi connectivity index (χ2n) is 4.30. The fourth-order valence-corrected chi connectivity index (χ4v) is 1.80. The molecule has 0 spiro atoms. The number of aliphatic hydroxyl groups is 1. The Morgan fingerprint density at radius 2 is 2.00 bits per heavy atom. The zero-order valence-corrected chi connectivity index (χ0v) is 10.9. The molecule has 0 unspecified atom stereocenters. The van der Waals surface area contributed by atoms with E-state index in [0.717, 1.165) is 17.1 Å². The molecular formula is C15H18N2O2. The van der Waals surface area contributed by atoms with Gasteiger partial charge in [-0.15, -0.1) is 0 Å². The summed E-state index contributed by atoms with van der Waals surface area (Å²) >= 11 is 0. The van der Waals surface area contributed by atoms with Crippen molar-refractivity contribution < 1.29 is 9.84 Å². The maximum atomic E-state index is 9.97. The highest BCUT2D eigenvalue weighted by Crippen LogP contribution is 2.13. The molecule has 4 heteroatoms. The number of nitrogens with one attached hydrogen (secondary N) is 1. The van der Waals surface area contributed by atoms with Crippen LogP contribution in [0.15, 0.2) is 48.7 Å². The Morgan fingerprint density at radius 3 is 2.63 bits per heavy atom. The summed E-state index contributed by atoms with van der Waals surface area (Å²) in [5.41, 5.74) is 1.08. The van der Waals surface area contributed by atoms with Crippen LogP contribution in [0.25, 0.3) is 0 Å². The number of hydrogen-bond acceptors (Lipinski definition) is 4. The monoisotopic (exact) mass is 258 g/mol. The average Bonchev–Trinajstić information content (AvgIpc) is 2.47. The van der Waals surface area contributed by atoms with Gasteiger partial charge in [0.1, 0.15) is 11.6 Å². The number of ether oxygens (including phenoxy) is 1. The van der Waals surface area contributed by atoms with Crippen LogP contribution in [0.1, 0.15) is 5.56 Å². The van der Waals surface area contributed by atoms with Crippen LogP contribution in [0.4, 0.5) is 5.82 Å². The standard InChI is InChI=1S/C15H18N2O2/c1-19-14-7-5-12(6-8-14)10-13(18)11-17-15-4-2-3-9-16-15/h2-9,13,18H,10-11H2,1H3,(H,16,17)/t13-/m1/s1. The first-order valence-electron chi connectivity index (χ1n) is 6.24. The molecule has 1 heterocycles. The van der Waals surface area contributed by atoms with E-state index in [1.807, 2.05) is 42.5 Å². The first kappa shape index (κ1) is 13.4. The van der Waals surface area contributed by atoms with Crippen LogP contribution in [0.5, 0.6) is 5.75 Å². The van der Waals surface area contributed by atoms with Gasteiger partial charge < -0.3 is 15.2 Å². The van der Waals surface area contributed by atoms with E-state index >= 15 is 0 Å². The molecule has 0 aliphatic rings. The molecule has 2 N–H and O–H groups in total. The van der Waals surface area contributed by atoms with Gasteiger partial charge in [-0.1, -0.05) is 18.2 Å². The van der Waals surface area contributed by atoms with E-state index < -0.39 is 6.10 Å². The summed E-state index contributed by atoms with van der Waals surface area (Å²) in [7, 11) is 1.64. The molecule has 19 heavy (non-hydrogen) atoms. The molecule has 0 aliphatic carbocycles. The van der Waals surface area contributed by atoms with E-state index in [-0.39, 0.29) is 0 Å². The lowest BCUT2D eigenvalue weighted by Crippen LogP contribution is -2.22. The molecular weight excluding hydrogens is 240 g/mol.